The summed E-state index contributed by atoms with van der Waals surface area (Å²) in [6.45, 7) is 4.71. The Labute approximate surface area is 122 Å². The predicted octanol–water partition coefficient (Wildman–Crippen LogP) is 1.50. The van der Waals surface area contributed by atoms with E-state index in [9.17, 15) is 14.9 Å². The Morgan fingerprint density at radius 2 is 2.05 bits per heavy atom. The SMILES string of the molecule is Cc1cc(N2CCCN(CC(=O)O)CC2)cc([N+](=O)[O-])c1. The molecule has 0 unspecified atom stereocenters. The Kier molecular flexibility index (Phi) is 4.74. The molecule has 0 saturated carbocycles. The molecule has 0 spiro atoms. The smallest absolute Gasteiger partial charge is 0.317 e. The lowest BCUT2D eigenvalue weighted by Crippen LogP contribution is -2.34. The molecule has 7 nitrogen and oxygen atoms in total. The predicted molar refractivity (Wildman–Crippen MR) is 78.7 cm³/mol. The molecule has 114 valence electrons. The van der Waals surface area contributed by atoms with E-state index in [-0.39, 0.29) is 17.2 Å². The number of carboxylic acids is 1. The summed E-state index contributed by atoms with van der Waals surface area (Å²) in [6, 6.07) is 5.07. The molecule has 0 bridgehead atoms. The van der Waals surface area contributed by atoms with Gasteiger partial charge in [0.1, 0.15) is 0 Å². The van der Waals surface area contributed by atoms with Gasteiger partial charge in [-0.2, -0.15) is 0 Å². The lowest BCUT2D eigenvalue weighted by atomic mass is 10.1. The van der Waals surface area contributed by atoms with Crippen molar-refractivity contribution in [1.82, 2.24) is 4.90 Å². The maximum atomic E-state index is 10.9. The molecule has 0 amide bonds. The van der Waals surface area contributed by atoms with Crippen molar-refractivity contribution < 1.29 is 14.8 Å². The van der Waals surface area contributed by atoms with E-state index in [2.05, 4.69) is 4.90 Å². The van der Waals surface area contributed by atoms with E-state index < -0.39 is 5.97 Å². The number of nitro benzene ring substituents is 1. The second kappa shape index (κ2) is 6.53. The van der Waals surface area contributed by atoms with Gasteiger partial charge in [0.25, 0.3) is 5.69 Å². The van der Waals surface area contributed by atoms with Crippen LogP contribution in [0.15, 0.2) is 18.2 Å². The molecule has 1 aliphatic rings. The van der Waals surface area contributed by atoms with Gasteiger partial charge in [0.05, 0.1) is 11.5 Å². The summed E-state index contributed by atoms with van der Waals surface area (Å²) in [7, 11) is 0. The van der Waals surface area contributed by atoms with Crippen LogP contribution in [0.1, 0.15) is 12.0 Å². The van der Waals surface area contributed by atoms with Crippen molar-refractivity contribution >= 4 is 17.3 Å². The molecule has 0 radical (unpaired) electrons. The van der Waals surface area contributed by atoms with Crippen LogP contribution in [0.3, 0.4) is 0 Å². The van der Waals surface area contributed by atoms with Crippen LogP contribution < -0.4 is 4.90 Å². The van der Waals surface area contributed by atoms with Gasteiger partial charge in [0.15, 0.2) is 0 Å². The zero-order chi connectivity index (χ0) is 15.4. The van der Waals surface area contributed by atoms with Gasteiger partial charge in [0, 0.05) is 44.0 Å². The fraction of sp³-hybridized carbons (Fsp3) is 0.500. The third-order valence-electron chi connectivity index (χ3n) is 3.57. The maximum Gasteiger partial charge on any atom is 0.317 e. The molecule has 2 rings (SSSR count). The lowest BCUT2D eigenvalue weighted by Gasteiger charge is -2.23. The molecule has 21 heavy (non-hydrogen) atoms. The molecule has 0 atom stereocenters. The molecule has 1 aliphatic heterocycles. The third kappa shape index (κ3) is 4.16. The van der Waals surface area contributed by atoms with Crippen molar-refractivity contribution in [1.29, 1.82) is 0 Å². The largest absolute Gasteiger partial charge is 0.480 e. The summed E-state index contributed by atoms with van der Waals surface area (Å²) in [5.74, 6) is -0.824. The first-order chi connectivity index (χ1) is 9.95. The number of hydrogen-bond acceptors (Lipinski definition) is 5. The Morgan fingerprint density at radius 1 is 1.29 bits per heavy atom. The van der Waals surface area contributed by atoms with E-state index >= 15 is 0 Å². The number of rotatable bonds is 4. The van der Waals surface area contributed by atoms with Gasteiger partial charge in [0.2, 0.25) is 0 Å². The minimum Gasteiger partial charge on any atom is -0.480 e. The van der Waals surface area contributed by atoms with Crippen molar-refractivity contribution in [3.8, 4) is 0 Å². The average molecular weight is 293 g/mol. The molecule has 1 aromatic rings. The van der Waals surface area contributed by atoms with Crippen molar-refractivity contribution in [3.63, 3.8) is 0 Å². The van der Waals surface area contributed by atoms with E-state index in [1.807, 2.05) is 17.9 Å². The molecule has 0 aliphatic carbocycles. The topological polar surface area (TPSA) is 86.9 Å². The Hall–Kier alpha value is -2.15. The van der Waals surface area contributed by atoms with Crippen LogP contribution in [-0.4, -0.2) is 53.6 Å². The van der Waals surface area contributed by atoms with Crippen molar-refractivity contribution in [2.75, 3.05) is 37.6 Å². The first-order valence-corrected chi connectivity index (χ1v) is 6.91. The van der Waals surface area contributed by atoms with Gasteiger partial charge in [-0.25, -0.2) is 0 Å². The number of aryl methyl sites for hydroxylation is 1. The van der Waals surface area contributed by atoms with Crippen LogP contribution >= 0.6 is 0 Å². The fourth-order valence-corrected chi connectivity index (χ4v) is 2.61. The molecule has 1 fully saturated rings. The Balaban J connectivity index is 2.12. The van der Waals surface area contributed by atoms with Crippen molar-refractivity contribution in [3.05, 3.63) is 33.9 Å². The number of aliphatic carboxylic acids is 1. The lowest BCUT2D eigenvalue weighted by molar-refractivity contribution is -0.384. The van der Waals surface area contributed by atoms with E-state index in [1.165, 1.54) is 0 Å². The zero-order valence-electron chi connectivity index (χ0n) is 12.0. The van der Waals surface area contributed by atoms with Crippen LogP contribution in [0.4, 0.5) is 11.4 Å². The summed E-state index contributed by atoms with van der Waals surface area (Å²) >= 11 is 0. The van der Waals surface area contributed by atoms with Crippen molar-refractivity contribution in [2.45, 2.75) is 13.3 Å². The summed E-state index contributed by atoms with van der Waals surface area (Å²) in [5, 5.41) is 19.8. The van der Waals surface area contributed by atoms with Gasteiger partial charge in [-0.05, 0) is 25.0 Å². The van der Waals surface area contributed by atoms with Crippen LogP contribution in [0.25, 0.3) is 0 Å². The van der Waals surface area contributed by atoms with Gasteiger partial charge < -0.3 is 10.0 Å². The van der Waals surface area contributed by atoms with E-state index in [1.54, 1.807) is 12.1 Å². The molecule has 0 aromatic heterocycles. The number of anilines is 1. The molecule has 1 saturated heterocycles. The summed E-state index contributed by atoms with van der Waals surface area (Å²) in [4.78, 5) is 25.3. The van der Waals surface area contributed by atoms with Gasteiger partial charge >= 0.3 is 5.97 Å². The summed E-state index contributed by atoms with van der Waals surface area (Å²) in [6.07, 6.45) is 0.842. The molecule has 1 heterocycles. The highest BCUT2D eigenvalue weighted by Gasteiger charge is 2.18. The second-order valence-electron chi connectivity index (χ2n) is 5.29. The van der Waals surface area contributed by atoms with E-state index in [4.69, 9.17) is 5.11 Å². The zero-order valence-corrected chi connectivity index (χ0v) is 12.0. The van der Waals surface area contributed by atoms with Crippen LogP contribution in [-0.2, 0) is 4.79 Å². The molecule has 7 heteroatoms. The summed E-state index contributed by atoms with van der Waals surface area (Å²) in [5.41, 5.74) is 1.78. The molecular formula is C14H19N3O4. The fourth-order valence-electron chi connectivity index (χ4n) is 2.61. The highest BCUT2D eigenvalue weighted by Crippen LogP contribution is 2.24. The quantitative estimate of drug-likeness (QED) is 0.668. The van der Waals surface area contributed by atoms with Crippen LogP contribution in [0, 0.1) is 17.0 Å². The van der Waals surface area contributed by atoms with E-state index in [0.717, 1.165) is 30.8 Å². The van der Waals surface area contributed by atoms with Gasteiger partial charge in [-0.1, -0.05) is 0 Å². The Bertz CT molecular complexity index is 547. The minimum absolute atomic E-state index is 0.0435. The second-order valence-corrected chi connectivity index (χ2v) is 5.29. The number of benzene rings is 1. The summed E-state index contributed by atoms with van der Waals surface area (Å²) < 4.78 is 0. The normalized spacial score (nSPS) is 16.5. The van der Waals surface area contributed by atoms with Gasteiger partial charge in [-0.15, -0.1) is 0 Å². The maximum absolute atomic E-state index is 10.9. The van der Waals surface area contributed by atoms with Crippen molar-refractivity contribution in [2.24, 2.45) is 0 Å². The first kappa shape index (κ1) is 15.2. The van der Waals surface area contributed by atoms with Crippen LogP contribution in [0.5, 0.6) is 0 Å². The number of carbonyl (C=O) groups is 1. The average Bonchev–Trinajstić information content (AvgIpc) is 2.63. The monoisotopic (exact) mass is 293 g/mol. The molecular weight excluding hydrogens is 274 g/mol. The third-order valence-corrected chi connectivity index (χ3v) is 3.57. The number of nitrogens with zero attached hydrogens (tertiary/aromatic N) is 3. The number of hydrogen-bond donors (Lipinski definition) is 1. The number of nitro groups is 1. The van der Waals surface area contributed by atoms with Crippen LogP contribution in [0.2, 0.25) is 0 Å². The van der Waals surface area contributed by atoms with Gasteiger partial charge in [-0.3, -0.25) is 19.8 Å². The number of carboxylic acid groups (broad SMARTS) is 1. The Morgan fingerprint density at radius 3 is 2.71 bits per heavy atom. The molecule has 1 aromatic carbocycles. The highest BCUT2D eigenvalue weighted by atomic mass is 16.6. The number of non-ortho nitro benzene ring substituents is 1. The highest BCUT2D eigenvalue weighted by molar-refractivity contribution is 5.69. The molecule has 1 N–H and O–H groups in total. The first-order valence-electron chi connectivity index (χ1n) is 6.91. The standard InChI is InChI=1S/C14H19N3O4/c1-11-7-12(9-13(8-11)17(20)21)16-4-2-3-15(5-6-16)10-14(18)19/h7-9H,2-6,10H2,1H3,(H,18,19). The minimum atomic E-state index is -0.824. The van der Waals surface area contributed by atoms with E-state index in [0.29, 0.717) is 13.1 Å².